The molecule has 0 saturated heterocycles. The average molecular weight is 649 g/mol. The zero-order valence-corrected chi connectivity index (χ0v) is 25.7. The van der Waals surface area contributed by atoms with Gasteiger partial charge in [-0.1, -0.05) is 66.5 Å². The maximum Gasteiger partial charge on any atom is 0.335 e. The molecule has 4 aromatic rings. The highest BCUT2D eigenvalue weighted by molar-refractivity contribution is 8.00. The molecule has 0 aliphatic heterocycles. The number of amides is 3. The first kappa shape index (κ1) is 32.3. The third kappa shape index (κ3) is 8.97. The maximum atomic E-state index is 13.4. The van der Waals surface area contributed by atoms with E-state index in [4.69, 9.17) is 23.2 Å². The number of rotatable bonds is 11. The highest BCUT2D eigenvalue weighted by atomic mass is 35.5. The number of hydrogen-bond acceptors (Lipinski definition) is 5. The van der Waals surface area contributed by atoms with Crippen molar-refractivity contribution in [1.29, 1.82) is 0 Å². The molecule has 4 N–H and O–H groups in total. The normalized spacial score (nSPS) is 11.8. The van der Waals surface area contributed by atoms with Gasteiger partial charge in [0, 0.05) is 21.2 Å². The van der Waals surface area contributed by atoms with Crippen molar-refractivity contribution < 1.29 is 24.3 Å². The molecule has 0 aliphatic carbocycles. The van der Waals surface area contributed by atoms with Crippen molar-refractivity contribution >= 4 is 76.1 Å². The minimum atomic E-state index is -1.14. The number of benzene rings is 4. The summed E-state index contributed by atoms with van der Waals surface area (Å²) in [5.41, 5.74) is 1.65. The third-order valence-electron chi connectivity index (χ3n) is 6.19. The number of carboxylic acid groups (broad SMARTS) is 1. The summed E-state index contributed by atoms with van der Waals surface area (Å²) in [6, 6.07) is 26.4. The molecule has 0 aliphatic rings. The highest BCUT2D eigenvalue weighted by Gasteiger charge is 2.21. The number of carbonyl (C=O) groups excluding carboxylic acids is 3. The van der Waals surface area contributed by atoms with E-state index in [1.807, 2.05) is 6.92 Å². The Hall–Kier alpha value is -4.57. The second kappa shape index (κ2) is 15.2. The molecule has 0 spiro atoms. The van der Waals surface area contributed by atoms with Gasteiger partial charge in [0.05, 0.1) is 21.5 Å². The van der Waals surface area contributed by atoms with Crippen molar-refractivity contribution in [3.05, 3.63) is 129 Å². The quantitative estimate of drug-likeness (QED) is 0.0981. The Morgan fingerprint density at radius 3 is 2.30 bits per heavy atom. The van der Waals surface area contributed by atoms with E-state index in [1.165, 1.54) is 36.0 Å². The Balaban J connectivity index is 1.50. The van der Waals surface area contributed by atoms with Crippen LogP contribution >= 0.6 is 35.0 Å². The van der Waals surface area contributed by atoms with Crippen molar-refractivity contribution in [2.75, 3.05) is 10.6 Å². The summed E-state index contributed by atoms with van der Waals surface area (Å²) in [7, 11) is 0. The van der Waals surface area contributed by atoms with Gasteiger partial charge in [0.2, 0.25) is 5.91 Å². The van der Waals surface area contributed by atoms with Crippen molar-refractivity contribution in [1.82, 2.24) is 5.32 Å². The lowest BCUT2D eigenvalue weighted by atomic mass is 10.1. The number of carbonyl (C=O) groups is 4. The van der Waals surface area contributed by atoms with Crippen molar-refractivity contribution in [3.8, 4) is 0 Å². The first-order valence-electron chi connectivity index (χ1n) is 13.4. The van der Waals surface area contributed by atoms with E-state index in [0.717, 1.165) is 0 Å². The first-order chi connectivity index (χ1) is 21.1. The molecule has 4 aromatic carbocycles. The van der Waals surface area contributed by atoms with Crippen LogP contribution in [0.25, 0.3) is 6.08 Å². The second-order valence-electron chi connectivity index (χ2n) is 9.42. The molecule has 3 amide bonds. The van der Waals surface area contributed by atoms with Crippen molar-refractivity contribution in [2.45, 2.75) is 23.5 Å². The first-order valence-corrected chi connectivity index (χ1v) is 15.0. The van der Waals surface area contributed by atoms with Crippen LogP contribution in [0, 0.1) is 0 Å². The fraction of sp³-hybridized carbons (Fsp3) is 0.0909. The van der Waals surface area contributed by atoms with Gasteiger partial charge in [-0.3, -0.25) is 14.4 Å². The molecule has 0 radical (unpaired) electrons. The number of halogens is 2. The van der Waals surface area contributed by atoms with Gasteiger partial charge < -0.3 is 21.1 Å². The molecule has 8 nitrogen and oxygen atoms in total. The van der Waals surface area contributed by atoms with Crippen molar-refractivity contribution in [3.63, 3.8) is 0 Å². The molecule has 44 heavy (non-hydrogen) atoms. The molecule has 1 unspecified atom stereocenters. The van der Waals surface area contributed by atoms with Gasteiger partial charge in [0.25, 0.3) is 11.8 Å². The van der Waals surface area contributed by atoms with E-state index in [-0.39, 0.29) is 27.9 Å². The van der Waals surface area contributed by atoms with Crippen LogP contribution in [0.2, 0.25) is 10.0 Å². The molecule has 0 aromatic heterocycles. The third-order valence-corrected chi connectivity index (χ3v) is 8.12. The summed E-state index contributed by atoms with van der Waals surface area (Å²) in [5.74, 6) is -2.51. The topological polar surface area (TPSA) is 125 Å². The highest BCUT2D eigenvalue weighted by Crippen LogP contribution is 2.30. The van der Waals surface area contributed by atoms with Crippen molar-refractivity contribution in [2.24, 2.45) is 0 Å². The number of hydrogen-bond donors (Lipinski definition) is 4. The van der Waals surface area contributed by atoms with E-state index < -0.39 is 23.0 Å². The summed E-state index contributed by atoms with van der Waals surface area (Å²) in [5, 5.41) is 17.6. The van der Waals surface area contributed by atoms with Gasteiger partial charge in [0.1, 0.15) is 5.70 Å². The molecule has 0 fully saturated rings. The molecular formula is C33H27Cl2N3O5S. The van der Waals surface area contributed by atoms with Gasteiger partial charge >= 0.3 is 5.97 Å². The zero-order valence-electron chi connectivity index (χ0n) is 23.3. The minimum Gasteiger partial charge on any atom is -0.478 e. The Kier molecular flexibility index (Phi) is 11.2. The number of anilines is 2. The van der Waals surface area contributed by atoms with E-state index in [9.17, 15) is 24.3 Å². The lowest BCUT2D eigenvalue weighted by molar-refractivity contribution is -0.116. The van der Waals surface area contributed by atoms with Gasteiger partial charge in [-0.05, 0) is 78.7 Å². The van der Waals surface area contributed by atoms with Gasteiger partial charge in [0.15, 0.2) is 0 Å². The van der Waals surface area contributed by atoms with E-state index in [2.05, 4.69) is 16.0 Å². The second-order valence-corrected chi connectivity index (χ2v) is 11.5. The van der Waals surface area contributed by atoms with Crippen LogP contribution in [-0.2, 0) is 9.59 Å². The van der Waals surface area contributed by atoms with Gasteiger partial charge in [-0.2, -0.15) is 0 Å². The largest absolute Gasteiger partial charge is 0.478 e. The molecule has 0 bridgehead atoms. The molecule has 224 valence electrons. The smallest absolute Gasteiger partial charge is 0.335 e. The molecule has 1 atom stereocenters. The van der Waals surface area contributed by atoms with E-state index in [1.54, 1.807) is 78.9 Å². The summed E-state index contributed by atoms with van der Waals surface area (Å²) >= 11 is 13.6. The van der Waals surface area contributed by atoms with Crippen LogP contribution in [0.4, 0.5) is 11.4 Å². The summed E-state index contributed by atoms with van der Waals surface area (Å²) in [4.78, 5) is 51.5. The standard InChI is InChI=1S/C33H27Cl2N3O5S/c1-2-29(32(41)37-27-18-22(33(42)43)14-15-26(27)35)44-25-13-7-12-24(19-25)36-31(40)28(17-20-8-6-11-23(34)16-20)38-30(39)21-9-4-3-5-10-21/h3-19,29H,2H2,1H3,(H,36,40)(H,37,41)(H,38,39)(H,42,43)/b28-17-. The van der Waals surface area contributed by atoms with Gasteiger partial charge in [-0.15, -0.1) is 11.8 Å². The van der Waals surface area contributed by atoms with Crippen LogP contribution in [0.3, 0.4) is 0 Å². The monoisotopic (exact) mass is 647 g/mol. The SMILES string of the molecule is CCC(Sc1cccc(NC(=O)/C(=C/c2cccc(Cl)c2)NC(=O)c2ccccc2)c1)C(=O)Nc1cc(C(=O)O)ccc1Cl. The Morgan fingerprint density at radius 1 is 0.841 bits per heavy atom. The van der Waals surface area contributed by atoms with Crippen LogP contribution in [0.5, 0.6) is 0 Å². The summed E-state index contributed by atoms with van der Waals surface area (Å²) in [6.45, 7) is 1.85. The van der Waals surface area contributed by atoms with E-state index >= 15 is 0 Å². The Labute approximate surface area is 268 Å². The maximum absolute atomic E-state index is 13.4. The predicted octanol–water partition coefficient (Wildman–Crippen LogP) is 7.61. The average Bonchev–Trinajstić information content (AvgIpc) is 3.01. The minimum absolute atomic E-state index is 0.00224. The van der Waals surface area contributed by atoms with Crippen LogP contribution in [0.15, 0.2) is 108 Å². The predicted molar refractivity (Wildman–Crippen MR) is 175 cm³/mol. The summed E-state index contributed by atoms with van der Waals surface area (Å²) in [6.07, 6.45) is 1.99. The molecule has 0 heterocycles. The lowest BCUT2D eigenvalue weighted by Crippen LogP contribution is -2.30. The fourth-order valence-electron chi connectivity index (χ4n) is 4.00. The number of carboxylic acids is 1. The zero-order chi connectivity index (χ0) is 31.6. The number of thioether (sulfide) groups is 1. The number of nitrogens with one attached hydrogen (secondary N) is 3. The Bertz CT molecular complexity index is 1730. The molecular weight excluding hydrogens is 621 g/mol. The Morgan fingerprint density at radius 2 is 1.59 bits per heavy atom. The molecule has 4 rings (SSSR count). The fourth-order valence-corrected chi connectivity index (χ4v) is 5.38. The lowest BCUT2D eigenvalue weighted by Gasteiger charge is -2.17. The van der Waals surface area contributed by atoms with Crippen LogP contribution in [-0.4, -0.2) is 34.0 Å². The number of aromatic carboxylic acids is 1. The molecule has 11 heteroatoms. The van der Waals surface area contributed by atoms with Gasteiger partial charge in [-0.25, -0.2) is 4.79 Å². The van der Waals surface area contributed by atoms with E-state index in [0.29, 0.717) is 33.2 Å². The summed E-state index contributed by atoms with van der Waals surface area (Å²) < 4.78 is 0. The van der Waals surface area contributed by atoms with Crippen LogP contribution < -0.4 is 16.0 Å². The molecule has 0 saturated carbocycles. The van der Waals surface area contributed by atoms with Crippen LogP contribution in [0.1, 0.15) is 39.6 Å².